The highest BCUT2D eigenvalue weighted by molar-refractivity contribution is 5.71. The summed E-state index contributed by atoms with van der Waals surface area (Å²) in [6, 6.07) is 9.04. The fourth-order valence-electron chi connectivity index (χ4n) is 1.58. The van der Waals surface area contributed by atoms with Crippen molar-refractivity contribution >= 4 is 6.09 Å². The van der Waals surface area contributed by atoms with Crippen LogP contribution in [0.5, 0.6) is 5.75 Å². The van der Waals surface area contributed by atoms with Crippen molar-refractivity contribution in [2.24, 2.45) is 5.92 Å². The van der Waals surface area contributed by atoms with Crippen LogP contribution in [0.25, 0.3) is 0 Å². The second-order valence-electron chi connectivity index (χ2n) is 4.21. The van der Waals surface area contributed by atoms with Gasteiger partial charge in [0, 0.05) is 6.54 Å². The van der Waals surface area contributed by atoms with Crippen LogP contribution < -0.4 is 4.74 Å². The van der Waals surface area contributed by atoms with Gasteiger partial charge in [-0.25, -0.2) is 4.79 Å². The summed E-state index contributed by atoms with van der Waals surface area (Å²) in [7, 11) is 0. The van der Waals surface area contributed by atoms with Crippen LogP contribution in [-0.2, 0) is 0 Å². The van der Waals surface area contributed by atoms with Crippen LogP contribution in [0.2, 0.25) is 0 Å². The maximum Gasteiger partial charge on any atom is 0.416 e. The van der Waals surface area contributed by atoms with Gasteiger partial charge < -0.3 is 4.74 Å². The Morgan fingerprint density at radius 1 is 1.41 bits per heavy atom. The van der Waals surface area contributed by atoms with Gasteiger partial charge >= 0.3 is 6.09 Å². The van der Waals surface area contributed by atoms with Crippen LogP contribution in [0, 0.1) is 18.3 Å². The van der Waals surface area contributed by atoms with Gasteiger partial charge in [0.05, 0.1) is 6.54 Å². The Kier molecular flexibility index (Phi) is 3.66. The van der Waals surface area contributed by atoms with Crippen LogP contribution in [0.3, 0.4) is 0 Å². The first-order valence-corrected chi connectivity index (χ1v) is 5.75. The number of benzene rings is 1. The third kappa shape index (κ3) is 3.53. The normalized spacial score (nSPS) is 13.8. The number of hydrogen-bond donors (Lipinski definition) is 0. The van der Waals surface area contributed by atoms with Gasteiger partial charge in [0.1, 0.15) is 5.75 Å². The van der Waals surface area contributed by atoms with Crippen molar-refractivity contribution in [2.45, 2.75) is 12.8 Å². The summed E-state index contributed by atoms with van der Waals surface area (Å²) in [4.78, 5) is 13.5. The minimum absolute atomic E-state index is 0.308. The Hall–Kier alpha value is -1.95. The van der Waals surface area contributed by atoms with Crippen molar-refractivity contribution in [3.05, 3.63) is 30.3 Å². The number of para-hydroxylation sites is 1. The van der Waals surface area contributed by atoms with Gasteiger partial charge in [-0.05, 0) is 30.9 Å². The van der Waals surface area contributed by atoms with Gasteiger partial charge in [-0.1, -0.05) is 24.1 Å². The van der Waals surface area contributed by atoms with Gasteiger partial charge in [-0.3, -0.25) is 4.90 Å². The van der Waals surface area contributed by atoms with E-state index in [9.17, 15) is 4.79 Å². The molecular formula is C14H15NO2. The molecule has 17 heavy (non-hydrogen) atoms. The van der Waals surface area contributed by atoms with Crippen molar-refractivity contribution in [3.8, 4) is 18.1 Å². The predicted molar refractivity (Wildman–Crippen MR) is 65.6 cm³/mol. The number of rotatable bonds is 4. The Labute approximate surface area is 101 Å². The summed E-state index contributed by atoms with van der Waals surface area (Å²) in [6.45, 7) is 1.01. The van der Waals surface area contributed by atoms with Crippen LogP contribution in [-0.4, -0.2) is 24.1 Å². The summed E-state index contributed by atoms with van der Waals surface area (Å²) >= 11 is 0. The zero-order chi connectivity index (χ0) is 12.1. The predicted octanol–water partition coefficient (Wildman–Crippen LogP) is 2.53. The third-order valence-electron chi connectivity index (χ3n) is 2.66. The van der Waals surface area contributed by atoms with Gasteiger partial charge in [-0.15, -0.1) is 6.42 Å². The second-order valence-corrected chi connectivity index (χ2v) is 4.21. The summed E-state index contributed by atoms with van der Waals surface area (Å²) in [5, 5.41) is 0. The van der Waals surface area contributed by atoms with Crippen molar-refractivity contribution in [3.63, 3.8) is 0 Å². The van der Waals surface area contributed by atoms with Gasteiger partial charge in [0.25, 0.3) is 0 Å². The molecule has 0 unspecified atom stereocenters. The molecule has 1 aliphatic rings. The number of carbonyl (C=O) groups is 1. The molecule has 0 atom stereocenters. The zero-order valence-electron chi connectivity index (χ0n) is 9.63. The summed E-state index contributed by atoms with van der Waals surface area (Å²) in [6.07, 6.45) is 7.26. The molecule has 0 radical (unpaired) electrons. The van der Waals surface area contributed by atoms with E-state index in [0.717, 1.165) is 0 Å². The standard InChI is InChI=1S/C14H15NO2/c1-2-10-15(11-12-8-9-12)14(16)17-13-6-4-3-5-7-13/h1,3-7,12H,8-11H2. The zero-order valence-corrected chi connectivity index (χ0v) is 9.63. The first-order valence-electron chi connectivity index (χ1n) is 5.75. The van der Waals surface area contributed by atoms with Gasteiger partial charge in [0.15, 0.2) is 0 Å². The molecule has 0 saturated heterocycles. The lowest BCUT2D eigenvalue weighted by atomic mass is 10.3. The molecule has 0 heterocycles. The van der Waals surface area contributed by atoms with E-state index in [2.05, 4.69) is 5.92 Å². The molecule has 1 aromatic rings. The monoisotopic (exact) mass is 229 g/mol. The van der Waals surface area contributed by atoms with E-state index in [0.29, 0.717) is 24.8 Å². The van der Waals surface area contributed by atoms with Crippen LogP contribution >= 0.6 is 0 Å². The molecule has 0 bridgehead atoms. The third-order valence-corrected chi connectivity index (χ3v) is 2.66. The summed E-state index contributed by atoms with van der Waals surface area (Å²) in [5.74, 6) is 3.65. The van der Waals surface area contributed by atoms with Gasteiger partial charge in [0.2, 0.25) is 0 Å². The number of nitrogens with zero attached hydrogens (tertiary/aromatic N) is 1. The van der Waals surface area contributed by atoms with Crippen LogP contribution in [0.4, 0.5) is 4.79 Å². The lowest BCUT2D eigenvalue weighted by molar-refractivity contribution is 0.156. The van der Waals surface area contributed by atoms with E-state index in [4.69, 9.17) is 11.2 Å². The molecule has 3 heteroatoms. The van der Waals surface area contributed by atoms with Crippen LogP contribution in [0.15, 0.2) is 30.3 Å². The highest BCUT2D eigenvalue weighted by atomic mass is 16.6. The molecular weight excluding hydrogens is 214 g/mol. The van der Waals surface area contributed by atoms with Gasteiger partial charge in [-0.2, -0.15) is 0 Å². The molecule has 1 aliphatic carbocycles. The molecule has 0 N–H and O–H groups in total. The number of hydrogen-bond acceptors (Lipinski definition) is 2. The van der Waals surface area contributed by atoms with Crippen molar-refractivity contribution in [1.82, 2.24) is 4.90 Å². The first kappa shape index (κ1) is 11.5. The Balaban J connectivity index is 1.93. The molecule has 1 amide bonds. The van der Waals surface area contributed by atoms with Crippen molar-refractivity contribution in [1.29, 1.82) is 0 Å². The largest absolute Gasteiger partial charge is 0.416 e. The fourth-order valence-corrected chi connectivity index (χ4v) is 1.58. The Bertz CT molecular complexity index is 418. The van der Waals surface area contributed by atoms with E-state index in [1.165, 1.54) is 12.8 Å². The van der Waals surface area contributed by atoms with Crippen molar-refractivity contribution < 1.29 is 9.53 Å². The van der Waals surface area contributed by atoms with Crippen molar-refractivity contribution in [2.75, 3.05) is 13.1 Å². The molecule has 0 spiro atoms. The number of amides is 1. The molecule has 1 aromatic carbocycles. The average Bonchev–Trinajstić information content (AvgIpc) is 3.14. The molecule has 2 rings (SSSR count). The highest BCUT2D eigenvalue weighted by Gasteiger charge is 2.27. The fraction of sp³-hybridized carbons (Fsp3) is 0.357. The lowest BCUT2D eigenvalue weighted by Crippen LogP contribution is -2.35. The summed E-state index contributed by atoms with van der Waals surface area (Å²) < 4.78 is 5.25. The number of ether oxygens (including phenoxy) is 1. The Morgan fingerprint density at radius 3 is 2.71 bits per heavy atom. The average molecular weight is 229 g/mol. The summed E-state index contributed by atoms with van der Waals surface area (Å²) in [5.41, 5.74) is 0. The van der Waals surface area contributed by atoms with E-state index < -0.39 is 0 Å². The smallest absolute Gasteiger partial charge is 0.410 e. The lowest BCUT2D eigenvalue weighted by Gasteiger charge is -2.19. The Morgan fingerprint density at radius 2 is 2.12 bits per heavy atom. The SMILES string of the molecule is C#CCN(CC1CC1)C(=O)Oc1ccccc1. The minimum Gasteiger partial charge on any atom is -0.410 e. The minimum atomic E-state index is -0.360. The number of carbonyl (C=O) groups excluding carboxylic acids is 1. The van der Waals surface area contributed by atoms with E-state index in [1.54, 1.807) is 17.0 Å². The molecule has 88 valence electrons. The maximum atomic E-state index is 11.9. The first-order chi connectivity index (χ1) is 8.29. The maximum absolute atomic E-state index is 11.9. The topological polar surface area (TPSA) is 29.5 Å². The molecule has 1 fully saturated rings. The second kappa shape index (κ2) is 5.40. The molecule has 1 saturated carbocycles. The molecule has 0 aliphatic heterocycles. The van der Waals surface area contributed by atoms with Crippen LogP contribution in [0.1, 0.15) is 12.8 Å². The van der Waals surface area contributed by atoms with E-state index in [1.807, 2.05) is 18.2 Å². The number of terminal acetylenes is 1. The van der Waals surface area contributed by atoms with E-state index >= 15 is 0 Å². The molecule has 0 aromatic heterocycles. The highest BCUT2D eigenvalue weighted by Crippen LogP contribution is 2.29. The molecule has 3 nitrogen and oxygen atoms in total. The van der Waals surface area contributed by atoms with E-state index in [-0.39, 0.29) is 6.09 Å². The quantitative estimate of drug-likeness (QED) is 0.742.